The number of hydrogen-bond donors (Lipinski definition) is 1. The third-order valence-electron chi connectivity index (χ3n) is 3.69. The first-order valence-electron chi connectivity index (χ1n) is 7.23. The van der Waals surface area contributed by atoms with Crippen molar-refractivity contribution < 1.29 is 24.1 Å². The number of ether oxygens (including phenoxy) is 4. The quantitative estimate of drug-likeness (QED) is 0.837. The summed E-state index contributed by atoms with van der Waals surface area (Å²) in [6.07, 6.45) is -1.94. The largest absolute Gasteiger partial charge is 0.390 e. The zero-order valence-corrected chi connectivity index (χ0v) is 13.8. The van der Waals surface area contributed by atoms with Crippen LogP contribution in [-0.2, 0) is 18.9 Å². The number of aliphatic hydroxyl groups is 1. The second-order valence-corrected chi connectivity index (χ2v) is 6.77. The van der Waals surface area contributed by atoms with E-state index in [4.69, 9.17) is 18.9 Å². The lowest BCUT2D eigenvalue weighted by Gasteiger charge is -2.49. The summed E-state index contributed by atoms with van der Waals surface area (Å²) in [5.74, 6) is -0.0839. The molecule has 20 heavy (non-hydrogen) atoms. The Bertz CT molecular complexity index is 284. The van der Waals surface area contributed by atoms with Gasteiger partial charge >= 0.3 is 0 Å². The van der Waals surface area contributed by atoms with Crippen molar-refractivity contribution in [3.05, 3.63) is 0 Å². The minimum atomic E-state index is -0.655. The summed E-state index contributed by atoms with van der Waals surface area (Å²) >= 11 is 0. The first-order valence-corrected chi connectivity index (χ1v) is 7.23. The van der Waals surface area contributed by atoms with Gasteiger partial charge in [0.15, 0.2) is 6.29 Å². The maximum absolute atomic E-state index is 10.7. The first kappa shape index (κ1) is 17.9. The van der Waals surface area contributed by atoms with Crippen molar-refractivity contribution in [1.82, 2.24) is 0 Å². The van der Waals surface area contributed by atoms with E-state index in [0.29, 0.717) is 6.61 Å². The van der Waals surface area contributed by atoms with Crippen molar-refractivity contribution in [3.63, 3.8) is 0 Å². The predicted molar refractivity (Wildman–Crippen MR) is 76.5 cm³/mol. The molecule has 0 spiro atoms. The van der Waals surface area contributed by atoms with Gasteiger partial charge in [-0.25, -0.2) is 0 Å². The molecule has 1 rings (SSSR count). The van der Waals surface area contributed by atoms with Crippen LogP contribution in [0.3, 0.4) is 0 Å². The molecule has 0 aromatic heterocycles. The third kappa shape index (κ3) is 4.15. The van der Waals surface area contributed by atoms with Crippen molar-refractivity contribution in [3.8, 4) is 0 Å². The van der Waals surface area contributed by atoms with E-state index in [1.165, 1.54) is 0 Å². The van der Waals surface area contributed by atoms with Gasteiger partial charge in [-0.1, -0.05) is 20.8 Å². The van der Waals surface area contributed by atoms with E-state index in [-0.39, 0.29) is 23.5 Å². The molecular weight excluding hydrogens is 260 g/mol. The van der Waals surface area contributed by atoms with Crippen LogP contribution in [-0.4, -0.2) is 56.6 Å². The number of aliphatic hydroxyl groups excluding tert-OH is 1. The predicted octanol–water partition coefficient (Wildman–Crippen LogP) is 1.82. The molecule has 1 aliphatic rings. The Hall–Kier alpha value is -0.200. The summed E-state index contributed by atoms with van der Waals surface area (Å²) in [6, 6.07) is 0. The molecule has 1 heterocycles. The topological polar surface area (TPSA) is 57.2 Å². The van der Waals surface area contributed by atoms with Crippen LogP contribution < -0.4 is 0 Å². The normalized spacial score (nSPS) is 35.5. The summed E-state index contributed by atoms with van der Waals surface area (Å²) in [5.41, 5.74) is -0.123. The van der Waals surface area contributed by atoms with Crippen LogP contribution >= 0.6 is 0 Å². The Kier molecular flexibility index (Phi) is 6.41. The number of methoxy groups -OCH3 is 2. The molecular formula is C15H30O5. The molecule has 0 aliphatic carbocycles. The van der Waals surface area contributed by atoms with Gasteiger partial charge < -0.3 is 24.1 Å². The zero-order valence-electron chi connectivity index (χ0n) is 13.8. The average Bonchev–Trinajstić information content (AvgIpc) is 2.26. The Balaban J connectivity index is 2.98. The van der Waals surface area contributed by atoms with Gasteiger partial charge in [0.1, 0.15) is 6.10 Å². The molecule has 1 fully saturated rings. The fourth-order valence-corrected chi connectivity index (χ4v) is 2.93. The molecule has 1 N–H and O–H groups in total. The lowest BCUT2D eigenvalue weighted by atomic mass is 9.71. The van der Waals surface area contributed by atoms with Gasteiger partial charge in [-0.05, 0) is 19.3 Å². The standard InChI is InChI=1S/C15H30O5/c1-9(2)19-14-13(18-7)12(16)11(15(3,4)5)10(20-14)8-17-6/h9-14,16H,8H2,1-7H3. The Morgan fingerprint density at radius 2 is 1.80 bits per heavy atom. The van der Waals surface area contributed by atoms with E-state index < -0.39 is 18.5 Å². The zero-order chi connectivity index (χ0) is 15.5. The fourth-order valence-electron chi connectivity index (χ4n) is 2.93. The minimum Gasteiger partial charge on any atom is -0.390 e. The lowest BCUT2D eigenvalue weighted by Crippen LogP contribution is -2.60. The van der Waals surface area contributed by atoms with Crippen molar-refractivity contribution in [2.75, 3.05) is 20.8 Å². The maximum atomic E-state index is 10.7. The van der Waals surface area contributed by atoms with Gasteiger partial charge in [-0.3, -0.25) is 0 Å². The van der Waals surface area contributed by atoms with Gasteiger partial charge in [-0.15, -0.1) is 0 Å². The maximum Gasteiger partial charge on any atom is 0.186 e. The van der Waals surface area contributed by atoms with Gasteiger partial charge in [0, 0.05) is 20.1 Å². The molecule has 0 aromatic carbocycles. The van der Waals surface area contributed by atoms with Crippen molar-refractivity contribution in [2.24, 2.45) is 11.3 Å². The van der Waals surface area contributed by atoms with Crippen molar-refractivity contribution in [2.45, 2.75) is 65.3 Å². The van der Waals surface area contributed by atoms with Gasteiger partial charge in [0.25, 0.3) is 0 Å². The monoisotopic (exact) mass is 290 g/mol. The molecule has 0 saturated carbocycles. The van der Waals surface area contributed by atoms with E-state index in [1.807, 2.05) is 13.8 Å². The van der Waals surface area contributed by atoms with Crippen LogP contribution in [0.5, 0.6) is 0 Å². The van der Waals surface area contributed by atoms with Crippen molar-refractivity contribution in [1.29, 1.82) is 0 Å². The Morgan fingerprint density at radius 1 is 1.20 bits per heavy atom. The van der Waals surface area contributed by atoms with Crippen LogP contribution in [0.25, 0.3) is 0 Å². The Labute approximate surface area is 122 Å². The van der Waals surface area contributed by atoms with E-state index in [9.17, 15) is 5.11 Å². The molecule has 5 nitrogen and oxygen atoms in total. The molecule has 0 amide bonds. The average molecular weight is 290 g/mol. The van der Waals surface area contributed by atoms with E-state index in [0.717, 1.165) is 0 Å². The van der Waals surface area contributed by atoms with Gasteiger partial charge in [0.2, 0.25) is 0 Å². The van der Waals surface area contributed by atoms with Crippen LogP contribution in [0.1, 0.15) is 34.6 Å². The Morgan fingerprint density at radius 3 is 2.20 bits per heavy atom. The van der Waals surface area contributed by atoms with Gasteiger partial charge in [0.05, 0.1) is 24.9 Å². The molecule has 1 saturated heterocycles. The summed E-state index contributed by atoms with van der Waals surface area (Å²) in [4.78, 5) is 0. The molecule has 5 atom stereocenters. The SMILES string of the molecule is COCC1OC(OC(C)C)C(OC)C(O)C1C(C)(C)C. The molecule has 5 unspecified atom stereocenters. The summed E-state index contributed by atoms with van der Waals surface area (Å²) < 4.78 is 22.4. The van der Waals surface area contributed by atoms with Gasteiger partial charge in [-0.2, -0.15) is 0 Å². The second kappa shape index (κ2) is 7.18. The van der Waals surface area contributed by atoms with Crippen molar-refractivity contribution >= 4 is 0 Å². The molecule has 0 radical (unpaired) electrons. The highest BCUT2D eigenvalue weighted by molar-refractivity contribution is 4.95. The summed E-state index contributed by atoms with van der Waals surface area (Å²) in [7, 11) is 3.21. The smallest absolute Gasteiger partial charge is 0.186 e. The molecule has 0 aromatic rings. The number of hydrogen-bond acceptors (Lipinski definition) is 5. The van der Waals surface area contributed by atoms with E-state index in [2.05, 4.69) is 20.8 Å². The highest BCUT2D eigenvalue weighted by atomic mass is 16.7. The fraction of sp³-hybridized carbons (Fsp3) is 1.00. The molecule has 1 aliphatic heterocycles. The molecule has 0 bridgehead atoms. The molecule has 120 valence electrons. The molecule has 5 heteroatoms. The third-order valence-corrected chi connectivity index (χ3v) is 3.69. The van der Waals surface area contributed by atoms with E-state index in [1.54, 1.807) is 14.2 Å². The summed E-state index contributed by atoms with van der Waals surface area (Å²) in [5, 5.41) is 10.7. The lowest BCUT2D eigenvalue weighted by molar-refractivity contribution is -0.314. The van der Waals surface area contributed by atoms with E-state index >= 15 is 0 Å². The number of rotatable bonds is 5. The highest BCUT2D eigenvalue weighted by Crippen LogP contribution is 2.40. The minimum absolute atomic E-state index is 0.000711. The van der Waals surface area contributed by atoms with Crippen LogP contribution in [0.2, 0.25) is 0 Å². The van der Waals surface area contributed by atoms with Crippen LogP contribution in [0.4, 0.5) is 0 Å². The highest BCUT2D eigenvalue weighted by Gasteiger charge is 2.50. The second-order valence-electron chi connectivity index (χ2n) is 6.77. The van der Waals surface area contributed by atoms with Crippen LogP contribution in [0.15, 0.2) is 0 Å². The van der Waals surface area contributed by atoms with Crippen LogP contribution in [0, 0.1) is 11.3 Å². The first-order chi connectivity index (χ1) is 9.22. The summed E-state index contributed by atoms with van der Waals surface area (Å²) in [6.45, 7) is 10.6.